The van der Waals surface area contributed by atoms with Gasteiger partial charge in [0, 0.05) is 29.2 Å². The molecule has 2 fully saturated rings. The molecule has 1 N–H and O–H groups in total. The van der Waals surface area contributed by atoms with Crippen LogP contribution in [0.5, 0.6) is 0 Å². The molecule has 4 unspecified atom stereocenters. The van der Waals surface area contributed by atoms with Gasteiger partial charge in [0.15, 0.2) is 0 Å². The van der Waals surface area contributed by atoms with E-state index < -0.39 is 0 Å². The molecule has 2 aromatic heterocycles. The lowest BCUT2D eigenvalue weighted by Crippen LogP contribution is -2.43. The first-order valence-electron chi connectivity index (χ1n) is 8.84. The lowest BCUT2D eigenvalue weighted by atomic mass is 9.86. The molecule has 23 heavy (non-hydrogen) atoms. The lowest BCUT2D eigenvalue weighted by Gasteiger charge is -2.32. The molecule has 2 aromatic rings. The summed E-state index contributed by atoms with van der Waals surface area (Å²) in [6, 6.07) is 6.50. The van der Waals surface area contributed by atoms with Gasteiger partial charge in [0.1, 0.15) is 0 Å². The first-order valence-corrected chi connectivity index (χ1v) is 9.78. The van der Waals surface area contributed by atoms with Crippen LogP contribution in [0.4, 0.5) is 0 Å². The van der Waals surface area contributed by atoms with Crippen LogP contribution in [0.2, 0.25) is 0 Å². The minimum absolute atomic E-state index is 0.293. The van der Waals surface area contributed by atoms with Gasteiger partial charge >= 0.3 is 0 Å². The van der Waals surface area contributed by atoms with Gasteiger partial charge in [-0.25, -0.2) is 0 Å². The second-order valence-electron chi connectivity index (χ2n) is 7.98. The molecular weight excluding hydrogens is 300 g/mol. The van der Waals surface area contributed by atoms with Gasteiger partial charge < -0.3 is 5.32 Å². The van der Waals surface area contributed by atoms with Crippen molar-refractivity contribution in [1.82, 2.24) is 10.3 Å². The summed E-state index contributed by atoms with van der Waals surface area (Å²) >= 11 is 1.72. The van der Waals surface area contributed by atoms with Crippen molar-refractivity contribution >= 4 is 11.3 Å². The Bertz CT molecular complexity index is 645. The molecule has 0 radical (unpaired) electrons. The Labute approximate surface area is 143 Å². The van der Waals surface area contributed by atoms with Crippen LogP contribution < -0.4 is 5.32 Å². The minimum Gasteiger partial charge on any atom is -0.307 e. The van der Waals surface area contributed by atoms with Gasteiger partial charge in [-0.1, -0.05) is 13.0 Å². The molecule has 2 aliphatic rings. The van der Waals surface area contributed by atoms with Gasteiger partial charge in [0.25, 0.3) is 0 Å². The fraction of sp³-hybridized carbons (Fsp3) is 0.550. The van der Waals surface area contributed by atoms with E-state index in [1.165, 1.54) is 36.8 Å². The lowest BCUT2D eigenvalue weighted by molar-refractivity contribution is 0.265. The standard InChI is InChI=1S/C20H26N2S/c1-14-7-17-8-18(17)10-20(2,9-14)22-12-15-3-4-19(21-11-15)16-5-6-23-13-16/h3-6,11,13-14,17-18,22H,7-10,12H2,1-2H3. The van der Waals surface area contributed by atoms with Crippen LogP contribution in [-0.2, 0) is 6.54 Å². The number of rotatable bonds is 4. The number of hydrogen-bond donors (Lipinski definition) is 1. The van der Waals surface area contributed by atoms with Crippen molar-refractivity contribution in [3.8, 4) is 11.3 Å². The van der Waals surface area contributed by atoms with Crippen LogP contribution in [0.1, 0.15) is 45.1 Å². The fourth-order valence-electron chi connectivity index (χ4n) is 4.45. The average molecular weight is 327 g/mol. The highest BCUT2D eigenvalue weighted by molar-refractivity contribution is 7.08. The summed E-state index contributed by atoms with van der Waals surface area (Å²) in [5, 5.41) is 8.11. The second kappa shape index (κ2) is 6.03. The van der Waals surface area contributed by atoms with Gasteiger partial charge in [-0.15, -0.1) is 0 Å². The number of fused-ring (bicyclic) bond motifs is 1. The van der Waals surface area contributed by atoms with E-state index in [2.05, 4.69) is 53.1 Å². The topological polar surface area (TPSA) is 24.9 Å². The molecule has 4 atom stereocenters. The third kappa shape index (κ3) is 3.51. The quantitative estimate of drug-likeness (QED) is 0.844. The van der Waals surface area contributed by atoms with Crippen molar-refractivity contribution in [3.05, 3.63) is 40.7 Å². The summed E-state index contributed by atoms with van der Waals surface area (Å²) in [4.78, 5) is 4.63. The zero-order valence-corrected chi connectivity index (χ0v) is 14.9. The number of thiophene rings is 1. The molecule has 0 saturated heterocycles. The summed E-state index contributed by atoms with van der Waals surface area (Å²) in [5.41, 5.74) is 3.87. The van der Waals surface area contributed by atoms with Gasteiger partial charge in [-0.3, -0.25) is 4.98 Å². The van der Waals surface area contributed by atoms with Gasteiger partial charge in [0.05, 0.1) is 5.69 Å². The van der Waals surface area contributed by atoms with Crippen molar-refractivity contribution in [2.75, 3.05) is 0 Å². The van der Waals surface area contributed by atoms with Crippen molar-refractivity contribution < 1.29 is 0 Å². The maximum atomic E-state index is 4.63. The molecule has 0 aromatic carbocycles. The number of pyridine rings is 1. The summed E-state index contributed by atoms with van der Waals surface area (Å²) in [7, 11) is 0. The van der Waals surface area contributed by atoms with Crippen molar-refractivity contribution in [2.45, 2.75) is 51.6 Å². The summed E-state index contributed by atoms with van der Waals surface area (Å²) in [6.07, 6.45) is 7.60. The molecule has 0 amide bonds. The SMILES string of the molecule is CC1CC2CC2CC(C)(NCc2ccc(-c3ccsc3)nc2)C1. The first-order chi connectivity index (χ1) is 11.1. The van der Waals surface area contributed by atoms with Crippen LogP contribution in [0, 0.1) is 17.8 Å². The largest absolute Gasteiger partial charge is 0.307 e. The molecule has 0 bridgehead atoms. The Balaban J connectivity index is 1.40. The molecule has 2 heterocycles. The van der Waals surface area contributed by atoms with Crippen molar-refractivity contribution in [2.24, 2.45) is 17.8 Å². The molecule has 0 spiro atoms. The second-order valence-corrected chi connectivity index (χ2v) is 8.76. The predicted molar refractivity (Wildman–Crippen MR) is 97.4 cm³/mol. The molecule has 2 saturated carbocycles. The highest BCUT2D eigenvalue weighted by Gasteiger charge is 2.45. The molecule has 122 valence electrons. The maximum absolute atomic E-state index is 4.63. The van der Waals surface area contributed by atoms with Crippen LogP contribution in [0.15, 0.2) is 35.2 Å². The molecule has 2 nitrogen and oxygen atoms in total. The van der Waals surface area contributed by atoms with Crippen LogP contribution >= 0.6 is 11.3 Å². The Morgan fingerprint density at radius 3 is 2.87 bits per heavy atom. The smallest absolute Gasteiger partial charge is 0.0710 e. The monoisotopic (exact) mass is 326 g/mol. The van der Waals surface area contributed by atoms with E-state index in [0.29, 0.717) is 5.54 Å². The summed E-state index contributed by atoms with van der Waals surface area (Å²) < 4.78 is 0. The van der Waals surface area contributed by atoms with E-state index in [1.807, 2.05) is 6.20 Å². The van der Waals surface area contributed by atoms with E-state index in [4.69, 9.17) is 0 Å². The van der Waals surface area contributed by atoms with E-state index in [9.17, 15) is 0 Å². The van der Waals surface area contributed by atoms with Gasteiger partial charge in [-0.2, -0.15) is 11.3 Å². The Kier molecular flexibility index (Phi) is 4.02. The molecule has 2 aliphatic carbocycles. The molecule has 3 heteroatoms. The number of aromatic nitrogens is 1. The number of nitrogens with zero attached hydrogens (tertiary/aromatic N) is 1. The van der Waals surface area contributed by atoms with Crippen molar-refractivity contribution in [1.29, 1.82) is 0 Å². The number of hydrogen-bond acceptors (Lipinski definition) is 3. The summed E-state index contributed by atoms with van der Waals surface area (Å²) in [6.45, 7) is 5.78. The fourth-order valence-corrected chi connectivity index (χ4v) is 5.10. The van der Waals surface area contributed by atoms with Crippen LogP contribution in [0.3, 0.4) is 0 Å². The van der Waals surface area contributed by atoms with Gasteiger partial charge in [-0.05, 0) is 73.4 Å². The minimum atomic E-state index is 0.293. The highest BCUT2D eigenvalue weighted by Crippen LogP contribution is 2.52. The Morgan fingerprint density at radius 2 is 2.13 bits per heavy atom. The van der Waals surface area contributed by atoms with E-state index in [1.54, 1.807) is 11.3 Å². The first kappa shape index (κ1) is 15.3. The zero-order valence-electron chi connectivity index (χ0n) is 14.1. The normalized spacial score (nSPS) is 33.0. The zero-order chi connectivity index (χ0) is 15.9. The third-order valence-electron chi connectivity index (χ3n) is 5.65. The highest BCUT2D eigenvalue weighted by atomic mass is 32.1. The molecule has 0 aliphatic heterocycles. The maximum Gasteiger partial charge on any atom is 0.0710 e. The Morgan fingerprint density at radius 1 is 1.22 bits per heavy atom. The average Bonchev–Trinajstić information content (AvgIpc) is 3.02. The Hall–Kier alpha value is -1.19. The van der Waals surface area contributed by atoms with E-state index in [0.717, 1.165) is 30.0 Å². The third-order valence-corrected chi connectivity index (χ3v) is 6.33. The molecule has 4 rings (SSSR count). The van der Waals surface area contributed by atoms with Crippen LogP contribution in [0.25, 0.3) is 11.3 Å². The number of nitrogens with one attached hydrogen (secondary N) is 1. The van der Waals surface area contributed by atoms with Gasteiger partial charge in [0.2, 0.25) is 0 Å². The predicted octanol–water partition coefficient (Wildman–Crippen LogP) is 5.11. The van der Waals surface area contributed by atoms with Crippen molar-refractivity contribution in [3.63, 3.8) is 0 Å². The van der Waals surface area contributed by atoms with Crippen LogP contribution in [-0.4, -0.2) is 10.5 Å². The molecular formula is C20H26N2S. The summed E-state index contributed by atoms with van der Waals surface area (Å²) in [5.74, 6) is 2.86. The van der Waals surface area contributed by atoms with E-state index >= 15 is 0 Å². The van der Waals surface area contributed by atoms with E-state index in [-0.39, 0.29) is 0 Å².